The SMILES string of the molecule is O=S(=O)(NCCN1CCOCC1)c1c[c]ccc1Cl. The summed E-state index contributed by atoms with van der Waals surface area (Å²) in [4.78, 5) is 2.23. The molecule has 1 aliphatic rings. The van der Waals surface area contributed by atoms with Crippen LogP contribution in [0.4, 0.5) is 0 Å². The van der Waals surface area contributed by atoms with E-state index in [9.17, 15) is 8.42 Å². The number of sulfonamides is 1. The molecule has 1 saturated heterocycles. The molecule has 105 valence electrons. The van der Waals surface area contributed by atoms with E-state index in [4.69, 9.17) is 16.3 Å². The van der Waals surface area contributed by atoms with Crippen molar-refractivity contribution >= 4 is 21.6 Å². The Morgan fingerprint density at radius 3 is 2.84 bits per heavy atom. The summed E-state index contributed by atoms with van der Waals surface area (Å²) >= 11 is 5.87. The molecule has 1 heterocycles. The molecule has 7 heteroatoms. The molecule has 0 bridgehead atoms. The van der Waals surface area contributed by atoms with E-state index >= 15 is 0 Å². The standard InChI is InChI=1S/C12H16ClN2O3S/c13-11-3-1-2-4-12(11)19(16,17)14-5-6-15-7-9-18-10-8-15/h1,3-4,14H,5-10H2. The van der Waals surface area contributed by atoms with Crippen LogP contribution in [0.2, 0.25) is 5.02 Å². The summed E-state index contributed by atoms with van der Waals surface area (Å²) in [6, 6.07) is 7.18. The largest absolute Gasteiger partial charge is 0.379 e. The summed E-state index contributed by atoms with van der Waals surface area (Å²) in [5, 5.41) is 0.206. The maximum atomic E-state index is 12.0. The van der Waals surface area contributed by atoms with Crippen molar-refractivity contribution in [2.75, 3.05) is 39.4 Å². The van der Waals surface area contributed by atoms with E-state index in [0.29, 0.717) is 26.3 Å². The number of nitrogens with one attached hydrogen (secondary N) is 1. The van der Waals surface area contributed by atoms with Crippen LogP contribution in [0.15, 0.2) is 23.1 Å². The highest BCUT2D eigenvalue weighted by molar-refractivity contribution is 7.89. The summed E-state index contributed by atoms with van der Waals surface area (Å²) < 4.78 is 31.9. The van der Waals surface area contributed by atoms with E-state index in [2.05, 4.69) is 15.7 Å². The van der Waals surface area contributed by atoms with Crippen LogP contribution in [0.3, 0.4) is 0 Å². The van der Waals surface area contributed by atoms with Crippen LogP contribution in [0, 0.1) is 6.07 Å². The molecule has 1 fully saturated rings. The Bertz CT molecular complexity index is 515. The molecule has 0 aromatic heterocycles. The summed E-state index contributed by atoms with van der Waals surface area (Å²) in [5.41, 5.74) is 0. The third-order valence-corrected chi connectivity index (χ3v) is 4.83. The Labute approximate surface area is 118 Å². The van der Waals surface area contributed by atoms with Crippen LogP contribution in [0.5, 0.6) is 0 Å². The Hall–Kier alpha value is -0.660. The lowest BCUT2D eigenvalue weighted by Crippen LogP contribution is -2.41. The molecule has 0 spiro atoms. The second-order valence-electron chi connectivity index (χ2n) is 4.21. The van der Waals surface area contributed by atoms with Gasteiger partial charge in [-0.25, -0.2) is 13.1 Å². The number of rotatable bonds is 5. The van der Waals surface area contributed by atoms with Crippen LogP contribution in [-0.4, -0.2) is 52.7 Å². The van der Waals surface area contributed by atoms with Crippen molar-refractivity contribution in [3.05, 3.63) is 29.3 Å². The van der Waals surface area contributed by atoms with Crippen molar-refractivity contribution in [2.24, 2.45) is 0 Å². The van der Waals surface area contributed by atoms with Gasteiger partial charge >= 0.3 is 0 Å². The third kappa shape index (κ3) is 4.15. The average Bonchev–Trinajstić information content (AvgIpc) is 2.40. The van der Waals surface area contributed by atoms with Crippen LogP contribution < -0.4 is 4.72 Å². The van der Waals surface area contributed by atoms with Crippen molar-refractivity contribution in [1.29, 1.82) is 0 Å². The van der Waals surface area contributed by atoms with Crippen molar-refractivity contribution in [2.45, 2.75) is 4.90 Å². The predicted octanol–water partition coefficient (Wildman–Crippen LogP) is 0.751. The fourth-order valence-corrected chi connectivity index (χ4v) is 3.33. The molecule has 0 atom stereocenters. The topological polar surface area (TPSA) is 58.6 Å². The highest BCUT2D eigenvalue weighted by atomic mass is 35.5. The highest BCUT2D eigenvalue weighted by Crippen LogP contribution is 2.19. The van der Waals surface area contributed by atoms with E-state index in [1.807, 2.05) is 0 Å². The molecule has 1 radical (unpaired) electrons. The van der Waals surface area contributed by atoms with Crippen molar-refractivity contribution < 1.29 is 13.2 Å². The van der Waals surface area contributed by atoms with Gasteiger partial charge in [0, 0.05) is 26.2 Å². The lowest BCUT2D eigenvalue weighted by molar-refractivity contribution is 0.0390. The van der Waals surface area contributed by atoms with E-state index in [-0.39, 0.29) is 9.92 Å². The first kappa shape index (κ1) is 14.7. The normalized spacial score (nSPS) is 17.5. The fraction of sp³-hybridized carbons (Fsp3) is 0.500. The van der Waals surface area contributed by atoms with Gasteiger partial charge in [0.25, 0.3) is 0 Å². The molecule has 1 aromatic rings. The highest BCUT2D eigenvalue weighted by Gasteiger charge is 2.17. The summed E-state index contributed by atoms with van der Waals surface area (Å²) in [6.07, 6.45) is 0. The van der Waals surface area contributed by atoms with Crippen LogP contribution in [0.1, 0.15) is 0 Å². The van der Waals surface area contributed by atoms with Gasteiger partial charge in [-0.15, -0.1) is 0 Å². The number of benzene rings is 1. The first-order chi connectivity index (χ1) is 9.09. The molecule has 0 aliphatic carbocycles. The monoisotopic (exact) mass is 303 g/mol. The molecule has 5 nitrogen and oxygen atoms in total. The average molecular weight is 304 g/mol. The van der Waals surface area contributed by atoms with Crippen molar-refractivity contribution in [1.82, 2.24) is 9.62 Å². The van der Waals surface area contributed by atoms with Gasteiger partial charge in [-0.2, -0.15) is 0 Å². The number of halogens is 1. The maximum absolute atomic E-state index is 12.0. The number of ether oxygens (including phenoxy) is 1. The van der Waals surface area contributed by atoms with Gasteiger partial charge < -0.3 is 4.74 Å². The summed E-state index contributed by atoms with van der Waals surface area (Å²) in [7, 11) is -3.56. The Kier molecular flexibility index (Phi) is 5.18. The lowest BCUT2D eigenvalue weighted by Gasteiger charge is -2.26. The van der Waals surface area contributed by atoms with Gasteiger partial charge in [0.05, 0.1) is 18.2 Å². The molecule has 0 unspecified atom stereocenters. The zero-order chi connectivity index (χ0) is 13.7. The van der Waals surface area contributed by atoms with E-state index in [1.165, 1.54) is 12.1 Å². The first-order valence-corrected chi connectivity index (χ1v) is 7.91. The Morgan fingerprint density at radius 2 is 2.16 bits per heavy atom. The smallest absolute Gasteiger partial charge is 0.242 e. The second-order valence-corrected chi connectivity index (χ2v) is 6.35. The van der Waals surface area contributed by atoms with Crippen LogP contribution in [-0.2, 0) is 14.8 Å². The first-order valence-electron chi connectivity index (χ1n) is 6.05. The van der Waals surface area contributed by atoms with Gasteiger partial charge in [-0.05, 0) is 18.2 Å². The number of morpholine rings is 1. The van der Waals surface area contributed by atoms with Gasteiger partial charge in [-0.1, -0.05) is 17.7 Å². The Balaban J connectivity index is 1.89. The number of hydrogen-bond donors (Lipinski definition) is 1. The maximum Gasteiger partial charge on any atom is 0.242 e. The van der Waals surface area contributed by atoms with Gasteiger partial charge in [0.15, 0.2) is 0 Å². The fourth-order valence-electron chi connectivity index (χ4n) is 1.84. The molecule has 19 heavy (non-hydrogen) atoms. The summed E-state index contributed by atoms with van der Waals surface area (Å²) in [5.74, 6) is 0. The quantitative estimate of drug-likeness (QED) is 0.872. The zero-order valence-corrected chi connectivity index (χ0v) is 12.0. The lowest BCUT2D eigenvalue weighted by atomic mass is 10.4. The van der Waals surface area contributed by atoms with Gasteiger partial charge in [0.2, 0.25) is 10.0 Å². The molecule has 0 amide bonds. The number of hydrogen-bond acceptors (Lipinski definition) is 4. The predicted molar refractivity (Wildman–Crippen MR) is 72.7 cm³/mol. The molecule has 1 aliphatic heterocycles. The summed E-state index contributed by atoms with van der Waals surface area (Å²) in [6.45, 7) is 4.09. The minimum Gasteiger partial charge on any atom is -0.379 e. The minimum atomic E-state index is -3.56. The van der Waals surface area contributed by atoms with Crippen LogP contribution in [0.25, 0.3) is 0 Å². The van der Waals surface area contributed by atoms with E-state index < -0.39 is 10.0 Å². The molecule has 1 N–H and O–H groups in total. The van der Waals surface area contributed by atoms with E-state index in [1.54, 1.807) is 6.07 Å². The molecule has 1 aromatic carbocycles. The second kappa shape index (κ2) is 6.67. The van der Waals surface area contributed by atoms with Crippen molar-refractivity contribution in [3.63, 3.8) is 0 Å². The molecular weight excluding hydrogens is 288 g/mol. The van der Waals surface area contributed by atoms with Crippen molar-refractivity contribution in [3.8, 4) is 0 Å². The number of nitrogens with zero attached hydrogens (tertiary/aromatic N) is 1. The minimum absolute atomic E-state index is 0.0682. The van der Waals surface area contributed by atoms with Gasteiger partial charge in [0.1, 0.15) is 4.90 Å². The molecule has 2 rings (SSSR count). The van der Waals surface area contributed by atoms with E-state index in [0.717, 1.165) is 13.1 Å². The third-order valence-electron chi connectivity index (χ3n) is 2.89. The molecule has 0 saturated carbocycles. The Morgan fingerprint density at radius 1 is 1.42 bits per heavy atom. The van der Waals surface area contributed by atoms with Gasteiger partial charge in [-0.3, -0.25) is 4.90 Å². The van der Waals surface area contributed by atoms with Crippen LogP contribution >= 0.6 is 11.6 Å². The zero-order valence-electron chi connectivity index (χ0n) is 10.4. The molecular formula is C12H16ClN2O3S.